The average molecular weight is 351 g/mol. The Morgan fingerprint density at radius 1 is 1.42 bits per heavy atom. The minimum Gasteiger partial charge on any atom is -0.312 e. The Morgan fingerprint density at radius 3 is 2.75 bits per heavy atom. The van der Waals surface area contributed by atoms with Crippen LogP contribution in [0.3, 0.4) is 0 Å². The lowest BCUT2D eigenvalue weighted by molar-refractivity contribution is -0.116. The van der Waals surface area contributed by atoms with Gasteiger partial charge in [-0.2, -0.15) is 0 Å². The molecule has 3 rings (SSSR count). The summed E-state index contributed by atoms with van der Waals surface area (Å²) in [6, 6.07) is 5.79. The Balaban J connectivity index is 1.73. The molecule has 1 aliphatic carbocycles. The van der Waals surface area contributed by atoms with Gasteiger partial charge in [-0.25, -0.2) is 13.1 Å². The van der Waals surface area contributed by atoms with Crippen molar-refractivity contribution in [2.24, 2.45) is 0 Å². The number of nitrogens with zero attached hydrogens (tertiary/aromatic N) is 2. The number of benzene rings is 1. The summed E-state index contributed by atoms with van der Waals surface area (Å²) in [5.41, 5.74) is 1.74. The summed E-state index contributed by atoms with van der Waals surface area (Å²) in [7, 11) is -1.54. The van der Waals surface area contributed by atoms with Gasteiger partial charge in [0.2, 0.25) is 15.9 Å². The molecule has 1 amide bonds. The lowest BCUT2D eigenvalue weighted by atomic mass is 10.2. The standard InChI is InChI=1S/C17H25N3O3S/c1-12(19(3)15-5-6-15)11-18-24(22,23)16-7-4-14-8-9-20(13(2)21)17(14)10-16/h4,7,10,12,15,18H,5-6,8-9,11H2,1-3H3. The summed E-state index contributed by atoms with van der Waals surface area (Å²) < 4.78 is 27.9. The van der Waals surface area contributed by atoms with Crippen molar-refractivity contribution >= 4 is 21.6 Å². The Hall–Kier alpha value is -1.44. The molecule has 0 bridgehead atoms. The molecule has 0 radical (unpaired) electrons. The molecule has 24 heavy (non-hydrogen) atoms. The van der Waals surface area contributed by atoms with E-state index in [1.54, 1.807) is 17.0 Å². The molecular weight excluding hydrogens is 326 g/mol. The molecule has 1 aliphatic heterocycles. The third-order valence-corrected chi connectivity index (χ3v) is 6.45. The lowest BCUT2D eigenvalue weighted by Crippen LogP contribution is -2.41. The molecule has 0 aromatic heterocycles. The zero-order chi connectivity index (χ0) is 17.5. The topological polar surface area (TPSA) is 69.7 Å². The van der Waals surface area contributed by atoms with Crippen molar-refractivity contribution in [3.63, 3.8) is 0 Å². The van der Waals surface area contributed by atoms with E-state index in [9.17, 15) is 13.2 Å². The van der Waals surface area contributed by atoms with Crippen LogP contribution in [0.25, 0.3) is 0 Å². The van der Waals surface area contributed by atoms with Crippen LogP contribution in [0, 0.1) is 0 Å². The first kappa shape index (κ1) is 17.4. The van der Waals surface area contributed by atoms with Crippen LogP contribution in [-0.4, -0.2) is 51.4 Å². The number of sulfonamides is 1. The first-order chi connectivity index (χ1) is 11.3. The Labute approximate surface area is 143 Å². The summed E-state index contributed by atoms with van der Waals surface area (Å²) in [6.45, 7) is 4.53. The maximum absolute atomic E-state index is 12.6. The number of fused-ring (bicyclic) bond motifs is 1. The number of hydrogen-bond acceptors (Lipinski definition) is 4. The number of nitrogens with one attached hydrogen (secondary N) is 1. The zero-order valence-electron chi connectivity index (χ0n) is 14.4. The maximum Gasteiger partial charge on any atom is 0.240 e. The van der Waals surface area contributed by atoms with Gasteiger partial charge in [0, 0.05) is 37.8 Å². The highest BCUT2D eigenvalue weighted by Crippen LogP contribution is 2.30. The first-order valence-corrected chi connectivity index (χ1v) is 9.90. The predicted molar refractivity (Wildman–Crippen MR) is 93.6 cm³/mol. The van der Waals surface area contributed by atoms with Crippen molar-refractivity contribution in [2.75, 3.05) is 25.0 Å². The molecule has 1 N–H and O–H groups in total. The Morgan fingerprint density at radius 2 is 2.12 bits per heavy atom. The van der Waals surface area contributed by atoms with Gasteiger partial charge >= 0.3 is 0 Å². The van der Waals surface area contributed by atoms with Crippen LogP contribution >= 0.6 is 0 Å². The molecule has 1 aromatic rings. The van der Waals surface area contributed by atoms with Crippen molar-refractivity contribution in [2.45, 2.75) is 50.1 Å². The highest BCUT2D eigenvalue weighted by molar-refractivity contribution is 7.89. The van der Waals surface area contributed by atoms with Gasteiger partial charge in [0.15, 0.2) is 0 Å². The van der Waals surface area contributed by atoms with E-state index >= 15 is 0 Å². The van der Waals surface area contributed by atoms with E-state index in [0.29, 0.717) is 24.8 Å². The first-order valence-electron chi connectivity index (χ1n) is 8.42. The highest BCUT2D eigenvalue weighted by atomic mass is 32.2. The van der Waals surface area contributed by atoms with Crippen molar-refractivity contribution in [1.29, 1.82) is 0 Å². The molecule has 2 aliphatic rings. The predicted octanol–water partition coefficient (Wildman–Crippen LogP) is 1.36. The number of carbonyl (C=O) groups excluding carboxylic acids is 1. The summed E-state index contributed by atoms with van der Waals surface area (Å²) in [5.74, 6) is -0.0593. The van der Waals surface area contributed by atoms with Crippen LogP contribution in [0.4, 0.5) is 5.69 Å². The van der Waals surface area contributed by atoms with Gasteiger partial charge in [-0.05, 0) is 50.9 Å². The van der Waals surface area contributed by atoms with Gasteiger partial charge in [-0.1, -0.05) is 6.07 Å². The van der Waals surface area contributed by atoms with Gasteiger partial charge < -0.3 is 4.90 Å². The van der Waals surface area contributed by atoms with Gasteiger partial charge in [0.1, 0.15) is 0 Å². The molecule has 1 heterocycles. The highest BCUT2D eigenvalue weighted by Gasteiger charge is 2.30. The van der Waals surface area contributed by atoms with E-state index in [0.717, 1.165) is 12.0 Å². The van der Waals surface area contributed by atoms with Crippen LogP contribution < -0.4 is 9.62 Å². The minimum atomic E-state index is -3.58. The maximum atomic E-state index is 12.6. The molecule has 0 saturated heterocycles. The number of rotatable bonds is 6. The van der Waals surface area contributed by atoms with Crippen molar-refractivity contribution in [1.82, 2.24) is 9.62 Å². The summed E-state index contributed by atoms with van der Waals surface area (Å²) in [4.78, 5) is 15.8. The molecule has 1 fully saturated rings. The molecule has 1 saturated carbocycles. The van der Waals surface area contributed by atoms with Crippen LogP contribution in [0.2, 0.25) is 0 Å². The Kier molecular flexibility index (Phi) is 4.68. The molecule has 132 valence electrons. The fourth-order valence-corrected chi connectivity index (χ4v) is 4.29. The molecule has 1 aromatic carbocycles. The zero-order valence-corrected chi connectivity index (χ0v) is 15.3. The van der Waals surface area contributed by atoms with Gasteiger partial charge in [-0.3, -0.25) is 9.69 Å². The van der Waals surface area contributed by atoms with E-state index in [-0.39, 0.29) is 16.8 Å². The van der Waals surface area contributed by atoms with Crippen LogP contribution in [0.15, 0.2) is 23.1 Å². The SMILES string of the molecule is CC(=O)N1CCc2ccc(S(=O)(=O)NCC(C)N(C)C3CC3)cc21. The minimum absolute atomic E-state index is 0.0593. The molecule has 6 nitrogen and oxygen atoms in total. The van der Waals surface area contributed by atoms with E-state index in [4.69, 9.17) is 0 Å². The van der Waals surface area contributed by atoms with Gasteiger partial charge in [-0.15, -0.1) is 0 Å². The Bertz CT molecular complexity index is 743. The second-order valence-corrected chi connectivity index (χ2v) is 8.58. The van der Waals surface area contributed by atoms with Crippen molar-refractivity contribution in [3.8, 4) is 0 Å². The van der Waals surface area contributed by atoms with Crippen molar-refractivity contribution < 1.29 is 13.2 Å². The molecule has 7 heteroatoms. The second kappa shape index (κ2) is 6.46. The third-order valence-electron chi connectivity index (χ3n) is 5.03. The molecule has 1 atom stereocenters. The van der Waals surface area contributed by atoms with Crippen LogP contribution in [-0.2, 0) is 21.2 Å². The third kappa shape index (κ3) is 3.48. The summed E-state index contributed by atoms with van der Waals surface area (Å²) in [6.07, 6.45) is 3.16. The molecular formula is C17H25N3O3S. The van der Waals surface area contributed by atoms with E-state index in [1.165, 1.54) is 19.8 Å². The largest absolute Gasteiger partial charge is 0.312 e. The number of likely N-dealkylation sites (N-methyl/N-ethyl adjacent to an activating group) is 1. The van der Waals surface area contributed by atoms with E-state index < -0.39 is 10.0 Å². The average Bonchev–Trinajstić information content (AvgIpc) is 3.30. The number of hydrogen-bond donors (Lipinski definition) is 1. The molecule has 0 spiro atoms. The number of carbonyl (C=O) groups is 1. The van der Waals surface area contributed by atoms with Gasteiger partial charge in [0.05, 0.1) is 4.90 Å². The van der Waals surface area contributed by atoms with E-state index in [1.807, 2.05) is 20.0 Å². The van der Waals surface area contributed by atoms with Gasteiger partial charge in [0.25, 0.3) is 0 Å². The second-order valence-electron chi connectivity index (χ2n) is 6.81. The fourth-order valence-electron chi connectivity index (χ4n) is 3.15. The van der Waals surface area contributed by atoms with Crippen LogP contribution in [0.5, 0.6) is 0 Å². The number of anilines is 1. The normalized spacial score (nSPS) is 18.8. The smallest absolute Gasteiger partial charge is 0.240 e. The lowest BCUT2D eigenvalue weighted by Gasteiger charge is -2.24. The summed E-state index contributed by atoms with van der Waals surface area (Å²) >= 11 is 0. The quantitative estimate of drug-likeness (QED) is 0.840. The summed E-state index contributed by atoms with van der Waals surface area (Å²) in [5, 5.41) is 0. The molecule has 1 unspecified atom stereocenters. The van der Waals surface area contributed by atoms with E-state index in [2.05, 4.69) is 9.62 Å². The fraction of sp³-hybridized carbons (Fsp3) is 0.588. The number of amides is 1. The van der Waals surface area contributed by atoms with Crippen LogP contribution in [0.1, 0.15) is 32.3 Å². The van der Waals surface area contributed by atoms with Crippen molar-refractivity contribution in [3.05, 3.63) is 23.8 Å². The monoisotopic (exact) mass is 351 g/mol.